The zero-order valence-electron chi connectivity index (χ0n) is 15.5. The number of fused-ring (bicyclic) bond motifs is 1. The van der Waals surface area contributed by atoms with Crippen LogP contribution in [-0.4, -0.2) is 65.6 Å². The molecule has 0 amide bonds. The van der Waals surface area contributed by atoms with Crippen LogP contribution in [0.1, 0.15) is 5.69 Å². The Morgan fingerprint density at radius 1 is 1.22 bits per heavy atom. The molecule has 7 heteroatoms. The van der Waals surface area contributed by atoms with Crippen molar-refractivity contribution in [3.63, 3.8) is 0 Å². The smallest absolute Gasteiger partial charge is 0.138 e. The second kappa shape index (κ2) is 8.04. The molecule has 0 spiro atoms. The molecule has 1 saturated heterocycles. The number of benzene rings is 1. The lowest BCUT2D eigenvalue weighted by Crippen LogP contribution is -2.45. The van der Waals surface area contributed by atoms with E-state index in [4.69, 9.17) is 15.2 Å². The van der Waals surface area contributed by atoms with E-state index in [9.17, 15) is 0 Å². The second-order valence-electron chi connectivity index (χ2n) is 6.97. The summed E-state index contributed by atoms with van der Waals surface area (Å²) in [5.74, 6) is 0.730. The number of morpholine rings is 1. The molecule has 0 aliphatic carbocycles. The number of rotatable bonds is 6. The molecule has 1 aliphatic rings. The summed E-state index contributed by atoms with van der Waals surface area (Å²) in [5.41, 5.74) is 10.3. The van der Waals surface area contributed by atoms with Crippen LogP contribution in [0.4, 0.5) is 0 Å². The van der Waals surface area contributed by atoms with Crippen molar-refractivity contribution in [3.05, 3.63) is 42.4 Å². The van der Waals surface area contributed by atoms with Crippen molar-refractivity contribution in [2.45, 2.75) is 13.0 Å². The fourth-order valence-corrected chi connectivity index (χ4v) is 3.34. The predicted octanol–water partition coefficient (Wildman–Crippen LogP) is 1.97. The van der Waals surface area contributed by atoms with Gasteiger partial charge in [-0.2, -0.15) is 5.10 Å². The van der Waals surface area contributed by atoms with E-state index in [0.717, 1.165) is 66.3 Å². The highest BCUT2D eigenvalue weighted by Gasteiger charge is 2.14. The first-order chi connectivity index (χ1) is 13.2. The highest BCUT2D eigenvalue weighted by Crippen LogP contribution is 2.26. The molecule has 1 fully saturated rings. The fourth-order valence-electron chi connectivity index (χ4n) is 3.34. The van der Waals surface area contributed by atoms with E-state index in [1.54, 1.807) is 6.20 Å². The van der Waals surface area contributed by atoms with Crippen LogP contribution in [0.3, 0.4) is 0 Å². The van der Waals surface area contributed by atoms with Crippen LogP contribution in [0.5, 0.6) is 5.75 Å². The van der Waals surface area contributed by atoms with Gasteiger partial charge in [0.1, 0.15) is 12.4 Å². The number of hydrogen-bond acceptors (Lipinski definition) is 6. The van der Waals surface area contributed by atoms with Crippen molar-refractivity contribution in [1.82, 2.24) is 20.1 Å². The number of aromatic nitrogens is 3. The monoisotopic (exact) mass is 367 g/mol. The molecule has 1 aliphatic heterocycles. The van der Waals surface area contributed by atoms with Gasteiger partial charge in [0.25, 0.3) is 0 Å². The van der Waals surface area contributed by atoms with Gasteiger partial charge in [-0.25, -0.2) is 0 Å². The molecule has 1 aromatic carbocycles. The molecular formula is C20H25N5O2. The van der Waals surface area contributed by atoms with Crippen molar-refractivity contribution in [2.24, 2.45) is 5.73 Å². The number of pyridine rings is 1. The zero-order chi connectivity index (χ0) is 18.6. The Balaban J connectivity index is 1.41. The molecule has 0 bridgehead atoms. The molecule has 2 aromatic heterocycles. The van der Waals surface area contributed by atoms with Crippen LogP contribution in [0.25, 0.3) is 22.0 Å². The van der Waals surface area contributed by atoms with Crippen LogP contribution < -0.4 is 10.5 Å². The Morgan fingerprint density at radius 3 is 2.93 bits per heavy atom. The molecule has 0 saturated carbocycles. The molecule has 0 radical (unpaired) electrons. The molecule has 4 rings (SSSR count). The number of nitrogens with one attached hydrogen (secondary N) is 1. The van der Waals surface area contributed by atoms with Crippen molar-refractivity contribution in [1.29, 1.82) is 0 Å². The minimum absolute atomic E-state index is 0.0447. The highest BCUT2D eigenvalue weighted by molar-refractivity contribution is 5.86. The number of hydrogen-bond donors (Lipinski definition) is 2. The average molecular weight is 367 g/mol. The molecular weight excluding hydrogens is 342 g/mol. The Labute approximate surface area is 158 Å². The summed E-state index contributed by atoms with van der Waals surface area (Å²) in [7, 11) is 0. The van der Waals surface area contributed by atoms with E-state index < -0.39 is 0 Å². The molecule has 142 valence electrons. The van der Waals surface area contributed by atoms with Gasteiger partial charge in [0, 0.05) is 42.5 Å². The van der Waals surface area contributed by atoms with Crippen LogP contribution >= 0.6 is 0 Å². The van der Waals surface area contributed by atoms with Crippen molar-refractivity contribution >= 4 is 10.9 Å². The third kappa shape index (κ3) is 4.27. The van der Waals surface area contributed by atoms with Crippen LogP contribution in [0.15, 0.2) is 36.7 Å². The van der Waals surface area contributed by atoms with Gasteiger partial charge in [0.05, 0.1) is 31.0 Å². The van der Waals surface area contributed by atoms with Gasteiger partial charge in [-0.3, -0.25) is 15.0 Å². The lowest BCUT2D eigenvalue weighted by atomic mass is 10.0. The van der Waals surface area contributed by atoms with E-state index in [-0.39, 0.29) is 6.04 Å². The molecule has 3 heterocycles. The first-order valence-corrected chi connectivity index (χ1v) is 9.28. The van der Waals surface area contributed by atoms with Crippen molar-refractivity contribution in [2.75, 3.05) is 39.5 Å². The fraction of sp³-hybridized carbons (Fsp3) is 0.400. The van der Waals surface area contributed by atoms with E-state index in [2.05, 4.69) is 26.1 Å². The van der Waals surface area contributed by atoms with Gasteiger partial charge in [-0.15, -0.1) is 0 Å². The number of nitrogens with zero attached hydrogens (tertiary/aromatic N) is 3. The van der Waals surface area contributed by atoms with E-state index >= 15 is 0 Å². The Hall–Kier alpha value is -2.48. The minimum Gasteiger partial charge on any atom is -0.490 e. The van der Waals surface area contributed by atoms with Gasteiger partial charge < -0.3 is 15.2 Å². The SMILES string of the molecule is Cc1[nH]nc2ccc(-c3cncc(OCC(N)CN4CCOCC4)c3)cc12. The number of aryl methyl sites for hydroxylation is 1. The largest absolute Gasteiger partial charge is 0.490 e. The van der Waals surface area contributed by atoms with Gasteiger partial charge >= 0.3 is 0 Å². The van der Waals surface area contributed by atoms with Gasteiger partial charge in [-0.1, -0.05) is 6.07 Å². The number of nitrogens with two attached hydrogens (primary N) is 1. The summed E-state index contributed by atoms with van der Waals surface area (Å²) in [6, 6.07) is 8.15. The van der Waals surface area contributed by atoms with Gasteiger partial charge in [0.15, 0.2) is 0 Å². The van der Waals surface area contributed by atoms with Gasteiger partial charge in [-0.05, 0) is 30.7 Å². The van der Waals surface area contributed by atoms with Crippen LogP contribution in [0.2, 0.25) is 0 Å². The number of ether oxygens (including phenoxy) is 2. The molecule has 3 aromatic rings. The quantitative estimate of drug-likeness (QED) is 0.692. The lowest BCUT2D eigenvalue weighted by Gasteiger charge is -2.28. The molecule has 1 atom stereocenters. The summed E-state index contributed by atoms with van der Waals surface area (Å²) in [6.45, 7) is 6.71. The zero-order valence-corrected chi connectivity index (χ0v) is 15.5. The Kier molecular flexibility index (Phi) is 5.33. The maximum atomic E-state index is 6.23. The number of aromatic amines is 1. The highest BCUT2D eigenvalue weighted by atomic mass is 16.5. The minimum atomic E-state index is -0.0447. The first kappa shape index (κ1) is 17.9. The lowest BCUT2D eigenvalue weighted by molar-refractivity contribution is 0.0330. The summed E-state index contributed by atoms with van der Waals surface area (Å²) < 4.78 is 11.3. The second-order valence-corrected chi connectivity index (χ2v) is 6.97. The Bertz CT molecular complexity index is 904. The Morgan fingerprint density at radius 2 is 2.07 bits per heavy atom. The number of H-pyrrole nitrogens is 1. The summed E-state index contributed by atoms with van der Waals surface area (Å²) in [5, 5.41) is 8.41. The summed E-state index contributed by atoms with van der Waals surface area (Å²) >= 11 is 0. The standard InChI is InChI=1S/C20H25N5O2/c1-14-19-9-15(2-3-20(19)24-23-14)16-8-18(11-22-10-16)27-13-17(21)12-25-4-6-26-7-5-25/h2-3,8-11,17H,4-7,12-13,21H2,1H3,(H,23,24). The maximum absolute atomic E-state index is 6.23. The van der Waals surface area contributed by atoms with E-state index in [0.29, 0.717) is 6.61 Å². The van der Waals surface area contributed by atoms with E-state index in [1.165, 1.54) is 0 Å². The molecule has 7 nitrogen and oxygen atoms in total. The van der Waals surface area contributed by atoms with Gasteiger partial charge in [0.2, 0.25) is 0 Å². The summed E-state index contributed by atoms with van der Waals surface area (Å²) in [6.07, 6.45) is 3.57. The first-order valence-electron chi connectivity index (χ1n) is 9.28. The average Bonchev–Trinajstić information content (AvgIpc) is 3.08. The maximum Gasteiger partial charge on any atom is 0.138 e. The van der Waals surface area contributed by atoms with Crippen LogP contribution in [-0.2, 0) is 4.74 Å². The predicted molar refractivity (Wildman–Crippen MR) is 105 cm³/mol. The van der Waals surface area contributed by atoms with Crippen molar-refractivity contribution < 1.29 is 9.47 Å². The topological polar surface area (TPSA) is 89.3 Å². The molecule has 1 unspecified atom stereocenters. The molecule has 27 heavy (non-hydrogen) atoms. The summed E-state index contributed by atoms with van der Waals surface area (Å²) in [4.78, 5) is 6.64. The molecule has 3 N–H and O–H groups in total. The van der Waals surface area contributed by atoms with Crippen LogP contribution in [0, 0.1) is 6.92 Å². The third-order valence-corrected chi connectivity index (χ3v) is 4.85. The van der Waals surface area contributed by atoms with Crippen molar-refractivity contribution in [3.8, 4) is 16.9 Å². The third-order valence-electron chi connectivity index (χ3n) is 4.85. The normalized spacial score (nSPS) is 16.5. The van der Waals surface area contributed by atoms with E-state index in [1.807, 2.05) is 31.3 Å².